The molecular formula is C9H20ClNO3S. The van der Waals surface area contributed by atoms with Crippen molar-refractivity contribution in [1.82, 2.24) is 4.72 Å². The monoisotopic (exact) mass is 257 g/mol. The highest BCUT2D eigenvalue weighted by molar-refractivity contribution is 7.89. The number of hydrogen-bond acceptors (Lipinski definition) is 3. The largest absolute Gasteiger partial charge is 0.384 e. The summed E-state index contributed by atoms with van der Waals surface area (Å²) in [4.78, 5) is 0. The zero-order valence-electron chi connectivity index (χ0n) is 9.49. The van der Waals surface area contributed by atoms with Crippen molar-refractivity contribution in [2.75, 3.05) is 25.3 Å². The standard InChI is InChI=1S/C9H20ClNO3S/c1-8(2)6-9(7-10)11-15(12,13)5-4-14-3/h8-9,11H,4-7H2,1-3H3. The van der Waals surface area contributed by atoms with Crippen molar-refractivity contribution in [3.8, 4) is 0 Å². The molecule has 1 N–H and O–H groups in total. The molecule has 0 radical (unpaired) electrons. The van der Waals surface area contributed by atoms with E-state index in [9.17, 15) is 8.42 Å². The van der Waals surface area contributed by atoms with E-state index in [0.29, 0.717) is 11.8 Å². The van der Waals surface area contributed by atoms with Gasteiger partial charge in [-0.15, -0.1) is 11.6 Å². The van der Waals surface area contributed by atoms with Crippen LogP contribution < -0.4 is 4.72 Å². The lowest BCUT2D eigenvalue weighted by atomic mass is 10.1. The Morgan fingerprint density at radius 3 is 2.40 bits per heavy atom. The van der Waals surface area contributed by atoms with Gasteiger partial charge in [-0.25, -0.2) is 13.1 Å². The van der Waals surface area contributed by atoms with Crippen LogP contribution in [-0.4, -0.2) is 39.8 Å². The van der Waals surface area contributed by atoms with Crippen molar-refractivity contribution < 1.29 is 13.2 Å². The van der Waals surface area contributed by atoms with Gasteiger partial charge in [0.15, 0.2) is 0 Å². The molecule has 0 rings (SSSR count). The fourth-order valence-electron chi connectivity index (χ4n) is 1.22. The minimum Gasteiger partial charge on any atom is -0.384 e. The number of rotatable bonds is 8. The molecule has 0 spiro atoms. The Morgan fingerprint density at radius 2 is 2.00 bits per heavy atom. The third-order valence-corrected chi connectivity index (χ3v) is 3.61. The number of nitrogens with one attached hydrogen (secondary N) is 1. The molecule has 0 amide bonds. The Morgan fingerprint density at radius 1 is 1.40 bits per heavy atom. The molecule has 6 heteroatoms. The van der Waals surface area contributed by atoms with E-state index in [1.807, 2.05) is 13.8 Å². The van der Waals surface area contributed by atoms with Crippen LogP contribution in [-0.2, 0) is 14.8 Å². The number of ether oxygens (including phenoxy) is 1. The Balaban J connectivity index is 4.15. The summed E-state index contributed by atoms with van der Waals surface area (Å²) in [6.07, 6.45) is 0.746. The summed E-state index contributed by atoms with van der Waals surface area (Å²) in [5.41, 5.74) is 0. The highest BCUT2D eigenvalue weighted by Gasteiger charge is 2.17. The van der Waals surface area contributed by atoms with Crippen LogP contribution in [0.15, 0.2) is 0 Å². The number of methoxy groups -OCH3 is 1. The van der Waals surface area contributed by atoms with Gasteiger partial charge in [-0.3, -0.25) is 0 Å². The van der Waals surface area contributed by atoms with Gasteiger partial charge in [0, 0.05) is 19.0 Å². The van der Waals surface area contributed by atoms with E-state index in [4.69, 9.17) is 16.3 Å². The van der Waals surface area contributed by atoms with Crippen LogP contribution in [0.5, 0.6) is 0 Å². The van der Waals surface area contributed by atoms with E-state index in [0.717, 1.165) is 6.42 Å². The predicted octanol–water partition coefficient (Wildman–Crippen LogP) is 1.21. The van der Waals surface area contributed by atoms with E-state index < -0.39 is 10.0 Å². The minimum atomic E-state index is -3.26. The van der Waals surface area contributed by atoms with Crippen molar-refractivity contribution in [2.24, 2.45) is 5.92 Å². The van der Waals surface area contributed by atoms with E-state index in [1.165, 1.54) is 7.11 Å². The minimum absolute atomic E-state index is 0.0189. The van der Waals surface area contributed by atoms with Gasteiger partial charge < -0.3 is 4.74 Å². The van der Waals surface area contributed by atoms with Crippen LogP contribution in [0.1, 0.15) is 20.3 Å². The van der Waals surface area contributed by atoms with E-state index in [2.05, 4.69) is 4.72 Å². The second kappa shape index (κ2) is 7.44. The zero-order chi connectivity index (χ0) is 11.9. The fourth-order valence-corrected chi connectivity index (χ4v) is 2.70. The molecule has 0 aliphatic carbocycles. The summed E-state index contributed by atoms with van der Waals surface area (Å²) in [5, 5.41) is 0. The molecule has 0 heterocycles. The third-order valence-electron chi connectivity index (χ3n) is 1.84. The zero-order valence-corrected chi connectivity index (χ0v) is 11.1. The van der Waals surface area contributed by atoms with Crippen LogP contribution in [0.4, 0.5) is 0 Å². The maximum absolute atomic E-state index is 11.5. The Kier molecular flexibility index (Phi) is 7.52. The van der Waals surface area contributed by atoms with E-state index in [1.54, 1.807) is 0 Å². The van der Waals surface area contributed by atoms with Gasteiger partial charge in [-0.1, -0.05) is 13.8 Å². The topological polar surface area (TPSA) is 55.4 Å². The fraction of sp³-hybridized carbons (Fsp3) is 1.00. The lowest BCUT2D eigenvalue weighted by molar-refractivity contribution is 0.216. The van der Waals surface area contributed by atoms with Crippen molar-refractivity contribution in [1.29, 1.82) is 0 Å². The maximum atomic E-state index is 11.5. The Labute approximate surface area is 97.4 Å². The first-order valence-corrected chi connectivity index (χ1v) is 7.15. The normalized spacial score (nSPS) is 14.5. The average Bonchev–Trinajstić information content (AvgIpc) is 2.12. The predicted molar refractivity (Wildman–Crippen MR) is 62.8 cm³/mol. The first-order chi connectivity index (χ1) is 6.91. The molecule has 0 aromatic heterocycles. The SMILES string of the molecule is COCCS(=O)(=O)NC(CCl)CC(C)C. The molecule has 92 valence electrons. The molecule has 0 saturated heterocycles. The van der Waals surface area contributed by atoms with Crippen molar-refractivity contribution >= 4 is 21.6 Å². The molecule has 4 nitrogen and oxygen atoms in total. The van der Waals surface area contributed by atoms with Crippen LogP contribution in [0.3, 0.4) is 0 Å². The van der Waals surface area contributed by atoms with Gasteiger partial charge in [0.1, 0.15) is 0 Å². The van der Waals surface area contributed by atoms with Gasteiger partial charge in [0.2, 0.25) is 10.0 Å². The quantitative estimate of drug-likeness (QED) is 0.665. The Bertz CT molecular complexity index is 254. The van der Waals surface area contributed by atoms with Crippen molar-refractivity contribution in [2.45, 2.75) is 26.3 Å². The first-order valence-electron chi connectivity index (χ1n) is 4.96. The molecule has 0 saturated carbocycles. The molecule has 1 atom stereocenters. The molecule has 15 heavy (non-hydrogen) atoms. The summed E-state index contributed by atoms with van der Waals surface area (Å²) in [5.74, 6) is 0.693. The first kappa shape index (κ1) is 15.2. The highest BCUT2D eigenvalue weighted by Crippen LogP contribution is 2.07. The van der Waals surface area contributed by atoms with Crippen molar-refractivity contribution in [3.05, 3.63) is 0 Å². The van der Waals surface area contributed by atoms with Gasteiger partial charge in [0.25, 0.3) is 0 Å². The second-order valence-corrected chi connectivity index (χ2v) is 6.09. The van der Waals surface area contributed by atoms with Crippen molar-refractivity contribution in [3.63, 3.8) is 0 Å². The molecule has 0 bridgehead atoms. The molecule has 0 aromatic rings. The van der Waals surface area contributed by atoms with Gasteiger partial charge in [-0.2, -0.15) is 0 Å². The number of halogens is 1. The van der Waals surface area contributed by atoms with Crippen LogP contribution in [0.25, 0.3) is 0 Å². The van der Waals surface area contributed by atoms with E-state index >= 15 is 0 Å². The summed E-state index contributed by atoms with van der Waals surface area (Å²) in [6.45, 7) is 4.26. The molecule has 0 aromatic carbocycles. The van der Waals surface area contributed by atoms with Gasteiger partial charge in [-0.05, 0) is 12.3 Å². The Hall–Kier alpha value is 0.160. The van der Waals surface area contributed by atoms with Gasteiger partial charge >= 0.3 is 0 Å². The number of hydrogen-bond donors (Lipinski definition) is 1. The molecule has 1 unspecified atom stereocenters. The third kappa shape index (κ3) is 8.02. The van der Waals surface area contributed by atoms with Crippen LogP contribution in [0.2, 0.25) is 0 Å². The van der Waals surface area contributed by atoms with E-state index in [-0.39, 0.29) is 18.4 Å². The molecular weight excluding hydrogens is 238 g/mol. The van der Waals surface area contributed by atoms with Crippen LogP contribution in [0, 0.1) is 5.92 Å². The van der Waals surface area contributed by atoms with Gasteiger partial charge in [0.05, 0.1) is 12.4 Å². The summed E-state index contributed by atoms with van der Waals surface area (Å²) in [7, 11) is -1.79. The molecule has 0 aliphatic rings. The van der Waals surface area contributed by atoms with Crippen LogP contribution >= 0.6 is 11.6 Å². The lowest BCUT2D eigenvalue weighted by Crippen LogP contribution is -2.39. The summed E-state index contributed by atoms with van der Waals surface area (Å²) < 4.78 is 30.3. The number of sulfonamides is 1. The molecule has 0 fully saturated rings. The highest BCUT2D eigenvalue weighted by atomic mass is 35.5. The molecule has 0 aliphatic heterocycles. The lowest BCUT2D eigenvalue weighted by Gasteiger charge is -2.17. The smallest absolute Gasteiger partial charge is 0.214 e. The summed E-state index contributed by atoms with van der Waals surface area (Å²) >= 11 is 5.69. The number of alkyl halides is 1. The summed E-state index contributed by atoms with van der Waals surface area (Å²) in [6, 6.07) is -0.187. The maximum Gasteiger partial charge on any atom is 0.214 e. The average molecular weight is 258 g/mol. The second-order valence-electron chi connectivity index (χ2n) is 3.91.